The molecule has 0 saturated carbocycles. The number of benzene rings is 1. The van der Waals surface area contributed by atoms with E-state index in [4.69, 9.17) is 9.47 Å². The maximum atomic E-state index is 6.05. The standard InChI is InChI=1S/C18H31NO2/c1-6-16(7-2)21-17-10-9-15(11-18(17)20-8-3)13-19-12-14(4)5/h9-11,14,16,19H,6-8,12-13H2,1-5H3. The van der Waals surface area contributed by atoms with Gasteiger partial charge in [0, 0.05) is 6.54 Å². The lowest BCUT2D eigenvalue weighted by atomic mass is 10.1. The molecule has 0 aliphatic rings. The van der Waals surface area contributed by atoms with Crippen LogP contribution in [-0.4, -0.2) is 19.3 Å². The predicted octanol–water partition coefficient (Wildman–Crippen LogP) is 4.40. The fourth-order valence-corrected chi connectivity index (χ4v) is 2.17. The third-order valence-electron chi connectivity index (χ3n) is 3.39. The summed E-state index contributed by atoms with van der Waals surface area (Å²) in [5, 5.41) is 3.46. The highest BCUT2D eigenvalue weighted by Gasteiger charge is 2.11. The molecule has 3 nitrogen and oxygen atoms in total. The van der Waals surface area contributed by atoms with Gasteiger partial charge in [0.15, 0.2) is 11.5 Å². The Morgan fingerprint density at radius 2 is 1.76 bits per heavy atom. The van der Waals surface area contributed by atoms with Gasteiger partial charge in [0.1, 0.15) is 0 Å². The van der Waals surface area contributed by atoms with Gasteiger partial charge >= 0.3 is 0 Å². The zero-order chi connectivity index (χ0) is 15.7. The van der Waals surface area contributed by atoms with E-state index in [1.54, 1.807) is 0 Å². The third kappa shape index (κ3) is 6.38. The highest BCUT2D eigenvalue weighted by atomic mass is 16.5. The SMILES string of the molecule is CCOc1cc(CNCC(C)C)ccc1OC(CC)CC. The van der Waals surface area contributed by atoms with Crippen LogP contribution in [0.5, 0.6) is 11.5 Å². The molecular formula is C18H31NO2. The molecule has 1 aromatic carbocycles. The molecule has 0 bridgehead atoms. The van der Waals surface area contributed by atoms with Gasteiger partial charge in [0.05, 0.1) is 12.7 Å². The normalized spacial score (nSPS) is 11.2. The van der Waals surface area contributed by atoms with E-state index in [-0.39, 0.29) is 6.10 Å². The lowest BCUT2D eigenvalue weighted by molar-refractivity contribution is 0.181. The first kappa shape index (κ1) is 17.8. The molecule has 0 amide bonds. The van der Waals surface area contributed by atoms with Crippen molar-refractivity contribution in [3.05, 3.63) is 23.8 Å². The minimum atomic E-state index is 0.258. The molecule has 120 valence electrons. The van der Waals surface area contributed by atoms with Crippen molar-refractivity contribution < 1.29 is 9.47 Å². The lowest BCUT2D eigenvalue weighted by Gasteiger charge is -2.19. The zero-order valence-electron chi connectivity index (χ0n) is 14.2. The van der Waals surface area contributed by atoms with E-state index in [0.29, 0.717) is 12.5 Å². The van der Waals surface area contributed by atoms with Crippen LogP contribution in [0.15, 0.2) is 18.2 Å². The maximum absolute atomic E-state index is 6.05. The summed E-state index contributed by atoms with van der Waals surface area (Å²) in [4.78, 5) is 0. The van der Waals surface area contributed by atoms with Crippen molar-refractivity contribution in [1.29, 1.82) is 0 Å². The molecule has 0 heterocycles. The highest BCUT2D eigenvalue weighted by molar-refractivity contribution is 5.43. The molecule has 0 unspecified atom stereocenters. The smallest absolute Gasteiger partial charge is 0.161 e. The summed E-state index contributed by atoms with van der Waals surface area (Å²) in [6.45, 7) is 13.3. The van der Waals surface area contributed by atoms with Crippen LogP contribution in [0.1, 0.15) is 53.0 Å². The first-order valence-electron chi connectivity index (χ1n) is 8.23. The summed E-state index contributed by atoms with van der Waals surface area (Å²) < 4.78 is 11.8. The van der Waals surface area contributed by atoms with Gasteiger partial charge in [-0.2, -0.15) is 0 Å². The van der Waals surface area contributed by atoms with Crippen LogP contribution in [-0.2, 0) is 6.54 Å². The highest BCUT2D eigenvalue weighted by Crippen LogP contribution is 2.30. The predicted molar refractivity (Wildman–Crippen MR) is 89.2 cm³/mol. The van der Waals surface area contributed by atoms with Crippen LogP contribution in [0.25, 0.3) is 0 Å². The van der Waals surface area contributed by atoms with Crippen molar-refractivity contribution in [2.75, 3.05) is 13.2 Å². The fraction of sp³-hybridized carbons (Fsp3) is 0.667. The molecule has 0 atom stereocenters. The number of ether oxygens (including phenoxy) is 2. The molecule has 0 saturated heterocycles. The second-order valence-electron chi connectivity index (χ2n) is 5.80. The van der Waals surface area contributed by atoms with E-state index in [1.807, 2.05) is 13.0 Å². The molecule has 0 aliphatic carbocycles. The molecule has 1 rings (SSSR count). The maximum Gasteiger partial charge on any atom is 0.161 e. The van der Waals surface area contributed by atoms with Gasteiger partial charge in [-0.25, -0.2) is 0 Å². The minimum Gasteiger partial charge on any atom is -0.490 e. The first-order valence-corrected chi connectivity index (χ1v) is 8.23. The number of nitrogens with one attached hydrogen (secondary N) is 1. The van der Waals surface area contributed by atoms with E-state index >= 15 is 0 Å². The molecular weight excluding hydrogens is 262 g/mol. The van der Waals surface area contributed by atoms with Crippen LogP contribution >= 0.6 is 0 Å². The Labute approximate surface area is 130 Å². The zero-order valence-corrected chi connectivity index (χ0v) is 14.2. The van der Waals surface area contributed by atoms with Crippen molar-refractivity contribution in [3.63, 3.8) is 0 Å². The molecule has 1 N–H and O–H groups in total. The first-order chi connectivity index (χ1) is 10.1. The largest absolute Gasteiger partial charge is 0.490 e. The Morgan fingerprint density at radius 3 is 2.33 bits per heavy atom. The number of rotatable bonds is 10. The average Bonchev–Trinajstić information content (AvgIpc) is 2.46. The number of hydrogen-bond acceptors (Lipinski definition) is 3. The Morgan fingerprint density at radius 1 is 1.05 bits per heavy atom. The Kier molecular flexibility index (Phi) is 8.21. The summed E-state index contributed by atoms with van der Waals surface area (Å²) in [5.41, 5.74) is 1.23. The summed E-state index contributed by atoms with van der Waals surface area (Å²) in [6.07, 6.45) is 2.29. The third-order valence-corrected chi connectivity index (χ3v) is 3.39. The average molecular weight is 293 g/mol. The van der Waals surface area contributed by atoms with Gasteiger partial charge in [0.2, 0.25) is 0 Å². The van der Waals surface area contributed by atoms with Gasteiger partial charge in [-0.15, -0.1) is 0 Å². The molecule has 21 heavy (non-hydrogen) atoms. The van der Waals surface area contributed by atoms with Crippen molar-refractivity contribution in [2.45, 2.75) is 60.1 Å². The lowest BCUT2D eigenvalue weighted by Crippen LogP contribution is -2.19. The van der Waals surface area contributed by atoms with Gasteiger partial charge in [0.25, 0.3) is 0 Å². The summed E-state index contributed by atoms with van der Waals surface area (Å²) >= 11 is 0. The van der Waals surface area contributed by atoms with Crippen LogP contribution in [0.4, 0.5) is 0 Å². The Balaban J connectivity index is 2.75. The van der Waals surface area contributed by atoms with Gasteiger partial charge in [-0.05, 0) is 49.9 Å². The second kappa shape index (κ2) is 9.67. The van der Waals surface area contributed by atoms with E-state index < -0.39 is 0 Å². The molecule has 0 aliphatic heterocycles. The van der Waals surface area contributed by atoms with Crippen LogP contribution < -0.4 is 14.8 Å². The molecule has 0 aromatic heterocycles. The molecule has 1 aromatic rings. The monoisotopic (exact) mass is 293 g/mol. The van der Waals surface area contributed by atoms with E-state index in [1.165, 1.54) is 5.56 Å². The van der Waals surface area contributed by atoms with E-state index in [0.717, 1.165) is 37.4 Å². The van der Waals surface area contributed by atoms with Gasteiger partial charge < -0.3 is 14.8 Å². The van der Waals surface area contributed by atoms with Crippen molar-refractivity contribution in [2.24, 2.45) is 5.92 Å². The summed E-state index contributed by atoms with van der Waals surface area (Å²) in [6, 6.07) is 6.25. The van der Waals surface area contributed by atoms with Crippen molar-refractivity contribution >= 4 is 0 Å². The van der Waals surface area contributed by atoms with Crippen LogP contribution in [0, 0.1) is 5.92 Å². The number of hydrogen-bond donors (Lipinski definition) is 1. The second-order valence-corrected chi connectivity index (χ2v) is 5.80. The summed E-state index contributed by atoms with van der Waals surface area (Å²) in [7, 11) is 0. The quantitative estimate of drug-likeness (QED) is 0.693. The Bertz CT molecular complexity index is 400. The van der Waals surface area contributed by atoms with Crippen molar-refractivity contribution in [3.8, 4) is 11.5 Å². The molecule has 3 heteroatoms. The summed E-state index contributed by atoms with van der Waals surface area (Å²) in [5.74, 6) is 2.38. The molecule has 0 fully saturated rings. The molecule has 0 spiro atoms. The van der Waals surface area contributed by atoms with Gasteiger partial charge in [-0.1, -0.05) is 33.8 Å². The topological polar surface area (TPSA) is 30.5 Å². The van der Waals surface area contributed by atoms with Crippen molar-refractivity contribution in [1.82, 2.24) is 5.32 Å². The van der Waals surface area contributed by atoms with E-state index in [9.17, 15) is 0 Å². The van der Waals surface area contributed by atoms with E-state index in [2.05, 4.69) is 45.1 Å². The minimum absolute atomic E-state index is 0.258. The molecule has 0 radical (unpaired) electrons. The van der Waals surface area contributed by atoms with Crippen LogP contribution in [0.2, 0.25) is 0 Å². The Hall–Kier alpha value is -1.22. The van der Waals surface area contributed by atoms with Crippen LogP contribution in [0.3, 0.4) is 0 Å². The van der Waals surface area contributed by atoms with Gasteiger partial charge in [-0.3, -0.25) is 0 Å². The fourth-order valence-electron chi connectivity index (χ4n) is 2.17.